The molecule has 3 heterocycles. The zero-order valence-corrected chi connectivity index (χ0v) is 19.8. The molecule has 7 nitrogen and oxygen atoms in total. The van der Waals surface area contributed by atoms with Crippen molar-refractivity contribution in [3.8, 4) is 5.75 Å². The van der Waals surface area contributed by atoms with Crippen LogP contribution in [0.4, 0.5) is 5.69 Å². The summed E-state index contributed by atoms with van der Waals surface area (Å²) >= 11 is 0. The van der Waals surface area contributed by atoms with Crippen LogP contribution < -0.4 is 15.4 Å². The number of methoxy groups -OCH3 is 1. The Morgan fingerprint density at radius 2 is 2.00 bits per heavy atom. The molecule has 1 saturated heterocycles. The second-order valence-electron chi connectivity index (χ2n) is 9.57. The van der Waals surface area contributed by atoms with Crippen molar-refractivity contribution in [2.75, 3.05) is 31.6 Å². The molecule has 1 fully saturated rings. The third kappa shape index (κ3) is 4.13. The third-order valence-corrected chi connectivity index (χ3v) is 6.82. The number of pyridine rings is 1. The quantitative estimate of drug-likeness (QED) is 0.759. The number of primary amides is 1. The molecule has 0 unspecified atom stereocenters. The van der Waals surface area contributed by atoms with Gasteiger partial charge in [-0.2, -0.15) is 0 Å². The molecule has 2 amide bonds. The van der Waals surface area contributed by atoms with Gasteiger partial charge in [-0.25, -0.2) is 0 Å². The first-order valence-corrected chi connectivity index (χ1v) is 11.3. The molecule has 0 radical (unpaired) electrons. The van der Waals surface area contributed by atoms with Crippen LogP contribution in [0.25, 0.3) is 5.57 Å². The molecule has 0 aliphatic carbocycles. The van der Waals surface area contributed by atoms with Gasteiger partial charge in [0.2, 0.25) is 11.8 Å². The molecule has 7 heteroatoms. The summed E-state index contributed by atoms with van der Waals surface area (Å²) in [4.78, 5) is 34.7. The fourth-order valence-corrected chi connectivity index (χ4v) is 5.31. The number of anilines is 1. The highest BCUT2D eigenvalue weighted by atomic mass is 16.5. The molecule has 2 aliphatic rings. The number of piperidine rings is 1. The zero-order valence-electron chi connectivity index (χ0n) is 19.8. The van der Waals surface area contributed by atoms with E-state index >= 15 is 0 Å². The van der Waals surface area contributed by atoms with Crippen LogP contribution in [0, 0.1) is 0 Å². The molecular formula is C26H32N4O3. The lowest BCUT2D eigenvalue weighted by molar-refractivity contribution is -0.128. The van der Waals surface area contributed by atoms with Crippen molar-refractivity contribution in [1.82, 2.24) is 9.88 Å². The van der Waals surface area contributed by atoms with Crippen molar-refractivity contribution in [2.24, 2.45) is 5.73 Å². The van der Waals surface area contributed by atoms with Crippen LogP contribution in [-0.2, 0) is 15.0 Å². The maximum Gasteiger partial charge on any atom is 0.241 e. The molecule has 2 aliphatic heterocycles. The van der Waals surface area contributed by atoms with Gasteiger partial charge in [-0.15, -0.1) is 0 Å². The summed E-state index contributed by atoms with van der Waals surface area (Å²) in [5.74, 6) is 0.343. The molecule has 174 valence electrons. The van der Waals surface area contributed by atoms with Crippen LogP contribution in [-0.4, -0.2) is 54.0 Å². The molecule has 0 saturated carbocycles. The standard InChI is InChI=1S/C26H32N4O3/c1-18-15-25(2,3)30(21-10-9-19(33-4)14-20(18)21)23(31)16-29-13-7-11-26(17-29,24(27)32)22-8-5-6-12-28-22/h5-6,8-10,12,14-15H,7,11,13,16-17H2,1-4H3,(H2,27,32)/t26-/m0/s1. The Hall–Kier alpha value is -3.19. The molecule has 33 heavy (non-hydrogen) atoms. The third-order valence-electron chi connectivity index (χ3n) is 6.82. The van der Waals surface area contributed by atoms with E-state index in [-0.39, 0.29) is 12.5 Å². The monoisotopic (exact) mass is 448 g/mol. The molecule has 1 aromatic heterocycles. The second-order valence-corrected chi connectivity index (χ2v) is 9.57. The largest absolute Gasteiger partial charge is 0.497 e. The van der Waals surface area contributed by atoms with Gasteiger partial charge in [0.25, 0.3) is 0 Å². The lowest BCUT2D eigenvalue weighted by atomic mass is 9.76. The van der Waals surface area contributed by atoms with Gasteiger partial charge in [0.05, 0.1) is 30.6 Å². The second kappa shape index (κ2) is 8.63. The van der Waals surface area contributed by atoms with Crippen molar-refractivity contribution in [3.05, 3.63) is 59.9 Å². The topological polar surface area (TPSA) is 88.8 Å². The number of carbonyl (C=O) groups excluding carboxylic acids is 2. The average Bonchev–Trinajstić information content (AvgIpc) is 2.78. The van der Waals surface area contributed by atoms with Crippen LogP contribution in [0.15, 0.2) is 48.7 Å². The lowest BCUT2D eigenvalue weighted by Crippen LogP contribution is -2.57. The van der Waals surface area contributed by atoms with E-state index in [0.29, 0.717) is 18.7 Å². The fraction of sp³-hybridized carbons (Fsp3) is 0.423. The van der Waals surface area contributed by atoms with Gasteiger partial charge in [0, 0.05) is 18.3 Å². The highest BCUT2D eigenvalue weighted by Gasteiger charge is 2.45. The molecule has 0 spiro atoms. The van der Waals surface area contributed by atoms with Crippen molar-refractivity contribution in [3.63, 3.8) is 0 Å². The van der Waals surface area contributed by atoms with E-state index in [9.17, 15) is 9.59 Å². The molecule has 4 rings (SSSR count). The van der Waals surface area contributed by atoms with E-state index in [0.717, 1.165) is 35.5 Å². The van der Waals surface area contributed by atoms with Crippen molar-refractivity contribution in [1.29, 1.82) is 0 Å². The number of amides is 2. The van der Waals surface area contributed by atoms with Crippen LogP contribution in [0.3, 0.4) is 0 Å². The normalized spacial score (nSPS) is 22.3. The minimum atomic E-state index is -0.890. The Balaban J connectivity index is 1.62. The highest BCUT2D eigenvalue weighted by Crippen LogP contribution is 2.41. The van der Waals surface area contributed by atoms with E-state index in [2.05, 4.69) is 18.0 Å². The number of rotatable bonds is 5. The smallest absolute Gasteiger partial charge is 0.241 e. The number of nitrogens with zero attached hydrogens (tertiary/aromatic N) is 3. The molecule has 0 bridgehead atoms. The summed E-state index contributed by atoms with van der Waals surface area (Å²) < 4.78 is 5.40. The first-order valence-electron chi connectivity index (χ1n) is 11.3. The first kappa shape index (κ1) is 23.0. The number of benzene rings is 1. The summed E-state index contributed by atoms with van der Waals surface area (Å²) in [6.07, 6.45) is 5.19. The number of hydrogen-bond acceptors (Lipinski definition) is 5. The van der Waals surface area contributed by atoms with E-state index < -0.39 is 16.9 Å². The number of allylic oxidation sites excluding steroid dienone is 1. The number of hydrogen-bond donors (Lipinski definition) is 1. The maximum absolute atomic E-state index is 13.7. The van der Waals surface area contributed by atoms with Crippen LogP contribution in [0.1, 0.15) is 44.9 Å². The Morgan fingerprint density at radius 3 is 2.67 bits per heavy atom. The number of aromatic nitrogens is 1. The van der Waals surface area contributed by atoms with Crippen molar-refractivity contribution in [2.45, 2.75) is 44.6 Å². The number of ether oxygens (including phenoxy) is 1. The van der Waals surface area contributed by atoms with Gasteiger partial charge >= 0.3 is 0 Å². The van der Waals surface area contributed by atoms with Gasteiger partial charge in [0.1, 0.15) is 11.2 Å². The predicted octanol–water partition coefficient (Wildman–Crippen LogP) is 3.14. The van der Waals surface area contributed by atoms with Crippen molar-refractivity contribution < 1.29 is 14.3 Å². The SMILES string of the molecule is COc1ccc2c(c1)C(C)=CC(C)(C)N2C(=O)CN1CCC[C@@](C(N)=O)(c2ccccn2)C1. The predicted molar refractivity (Wildman–Crippen MR) is 129 cm³/mol. The Kier molecular flexibility index (Phi) is 6.01. The van der Waals surface area contributed by atoms with Crippen molar-refractivity contribution >= 4 is 23.1 Å². The minimum absolute atomic E-state index is 0.0172. The zero-order chi connectivity index (χ0) is 23.8. The highest BCUT2D eigenvalue weighted by molar-refractivity contribution is 6.01. The molecular weight excluding hydrogens is 416 g/mol. The van der Waals surface area contributed by atoms with Gasteiger partial charge in [-0.05, 0) is 76.1 Å². The van der Waals surface area contributed by atoms with E-state index in [1.54, 1.807) is 13.3 Å². The first-order chi connectivity index (χ1) is 15.7. The van der Waals surface area contributed by atoms with Crippen LogP contribution in [0.5, 0.6) is 5.75 Å². The molecule has 1 atom stereocenters. The van der Waals surface area contributed by atoms with Crippen LogP contribution >= 0.6 is 0 Å². The van der Waals surface area contributed by atoms with Gasteiger partial charge in [0.15, 0.2) is 0 Å². The van der Waals surface area contributed by atoms with E-state index in [1.807, 2.05) is 60.0 Å². The van der Waals surface area contributed by atoms with Gasteiger partial charge in [-0.1, -0.05) is 12.1 Å². The van der Waals surface area contributed by atoms with E-state index in [4.69, 9.17) is 10.5 Å². The Morgan fingerprint density at radius 1 is 1.21 bits per heavy atom. The summed E-state index contributed by atoms with van der Waals surface area (Å²) in [6, 6.07) is 11.3. The lowest BCUT2D eigenvalue weighted by Gasteiger charge is -2.44. The number of carbonyl (C=O) groups is 2. The summed E-state index contributed by atoms with van der Waals surface area (Å²) in [7, 11) is 1.64. The Labute approximate surface area is 195 Å². The van der Waals surface area contributed by atoms with Gasteiger partial charge in [-0.3, -0.25) is 19.5 Å². The summed E-state index contributed by atoms with van der Waals surface area (Å²) in [5.41, 5.74) is 8.16. The van der Waals surface area contributed by atoms with E-state index in [1.165, 1.54) is 0 Å². The van der Waals surface area contributed by atoms with Crippen LogP contribution in [0.2, 0.25) is 0 Å². The number of likely N-dealkylation sites (tertiary alicyclic amines) is 1. The Bertz CT molecular complexity index is 1100. The molecule has 1 aromatic carbocycles. The average molecular weight is 449 g/mol. The maximum atomic E-state index is 13.7. The summed E-state index contributed by atoms with van der Waals surface area (Å²) in [5, 5.41) is 0. The van der Waals surface area contributed by atoms with Gasteiger partial charge < -0.3 is 15.4 Å². The fourth-order valence-electron chi connectivity index (χ4n) is 5.31. The molecule has 2 aromatic rings. The number of fused-ring (bicyclic) bond motifs is 1. The molecule has 2 N–H and O–H groups in total. The minimum Gasteiger partial charge on any atom is -0.497 e. The summed E-state index contributed by atoms with van der Waals surface area (Å²) in [6.45, 7) is 7.44. The number of nitrogens with two attached hydrogens (primary N) is 1.